The van der Waals surface area contributed by atoms with Crippen LogP contribution in [0.2, 0.25) is 0 Å². The lowest BCUT2D eigenvalue weighted by Gasteiger charge is -2.02. The lowest BCUT2D eigenvalue weighted by molar-refractivity contribution is -0.385. The smallest absolute Gasteiger partial charge is 0.324 e. The molecule has 0 fully saturated rings. The summed E-state index contributed by atoms with van der Waals surface area (Å²) < 4.78 is 24.0. The Balaban J connectivity index is 3.32. The average molecular weight is 268 g/mol. The van der Waals surface area contributed by atoms with E-state index >= 15 is 0 Å². The largest absolute Gasteiger partial charge is 0.393 e. The summed E-state index contributed by atoms with van der Waals surface area (Å²) in [4.78, 5) is 12.9. The van der Waals surface area contributed by atoms with Gasteiger partial charge in [-0.3, -0.25) is 10.1 Å². The second-order valence-corrected chi connectivity index (χ2v) is 3.08. The molecule has 0 unspecified atom stereocenters. The van der Waals surface area contributed by atoms with Gasteiger partial charge in [-0.25, -0.2) is 13.8 Å². The molecule has 76 valence electrons. The van der Waals surface area contributed by atoms with Gasteiger partial charge in [0.1, 0.15) is 11.4 Å². The van der Waals surface area contributed by atoms with Crippen LogP contribution in [0.25, 0.3) is 0 Å². The molecule has 0 saturated carbocycles. The molecule has 1 rings (SSSR count). The van der Waals surface area contributed by atoms with E-state index in [9.17, 15) is 18.9 Å². The topological polar surface area (TPSA) is 82.0 Å². The fourth-order valence-electron chi connectivity index (χ4n) is 0.838. The molecule has 0 aliphatic rings. The van der Waals surface area contributed by atoms with Gasteiger partial charge in [-0.1, -0.05) is 0 Å². The predicted octanol–water partition coefficient (Wildman–Crippen LogP) is 2.27. The van der Waals surface area contributed by atoms with Crippen LogP contribution < -0.4 is 5.73 Å². The minimum absolute atomic E-state index is 0.294. The Bertz CT molecular complexity index is 362. The van der Waals surface area contributed by atoms with E-state index in [1.807, 2.05) is 0 Å². The maximum absolute atomic E-state index is 12.2. The zero-order valence-corrected chi connectivity index (χ0v) is 8.16. The number of nitrogen functional groups attached to an aromatic ring is 1. The summed E-state index contributed by atoms with van der Waals surface area (Å²) in [5.74, 6) is 0. The van der Waals surface area contributed by atoms with Gasteiger partial charge in [0.05, 0.1) is 4.92 Å². The molecule has 0 spiro atoms. The van der Waals surface area contributed by atoms with Crippen molar-refractivity contribution in [1.82, 2.24) is 4.98 Å². The van der Waals surface area contributed by atoms with E-state index in [0.29, 0.717) is 0 Å². The van der Waals surface area contributed by atoms with Crippen LogP contribution in [0.1, 0.15) is 12.1 Å². The number of anilines is 1. The van der Waals surface area contributed by atoms with Crippen molar-refractivity contribution in [1.29, 1.82) is 0 Å². The van der Waals surface area contributed by atoms with Gasteiger partial charge >= 0.3 is 5.69 Å². The standard InChI is InChI=1S/C6H4BrF2N3O2/c7-5-4(12(13)14)2(10)1-3(11-5)6(8)9/h1,6H,(H2,10,11). The molecule has 14 heavy (non-hydrogen) atoms. The Labute approximate surface area is 85.2 Å². The maximum Gasteiger partial charge on any atom is 0.324 e. The van der Waals surface area contributed by atoms with E-state index in [-0.39, 0.29) is 10.3 Å². The third kappa shape index (κ3) is 1.95. The zero-order valence-electron chi connectivity index (χ0n) is 6.58. The van der Waals surface area contributed by atoms with Crippen molar-refractivity contribution in [2.45, 2.75) is 6.43 Å². The van der Waals surface area contributed by atoms with Crippen LogP contribution in [0.4, 0.5) is 20.2 Å². The first-order chi connectivity index (χ1) is 6.43. The quantitative estimate of drug-likeness (QED) is 0.506. The minimum Gasteiger partial charge on any atom is -0.393 e. The molecular formula is C6H4BrF2N3O2. The summed E-state index contributed by atoms with van der Waals surface area (Å²) in [6.45, 7) is 0. The van der Waals surface area contributed by atoms with Crippen LogP contribution >= 0.6 is 15.9 Å². The fraction of sp³-hybridized carbons (Fsp3) is 0.167. The molecule has 1 heterocycles. The lowest BCUT2D eigenvalue weighted by atomic mass is 10.3. The van der Waals surface area contributed by atoms with Crippen LogP contribution in [-0.4, -0.2) is 9.91 Å². The van der Waals surface area contributed by atoms with E-state index in [1.54, 1.807) is 0 Å². The molecule has 0 radical (unpaired) electrons. The second-order valence-electron chi connectivity index (χ2n) is 2.33. The molecule has 0 aliphatic carbocycles. The molecule has 0 atom stereocenters. The van der Waals surface area contributed by atoms with Crippen LogP contribution in [0.15, 0.2) is 10.7 Å². The zero-order chi connectivity index (χ0) is 10.9. The first-order valence-electron chi connectivity index (χ1n) is 3.32. The van der Waals surface area contributed by atoms with E-state index in [0.717, 1.165) is 6.07 Å². The third-order valence-corrected chi connectivity index (χ3v) is 1.96. The number of halogens is 3. The van der Waals surface area contributed by atoms with Crippen molar-refractivity contribution >= 4 is 27.3 Å². The first kappa shape index (κ1) is 10.8. The minimum atomic E-state index is -2.81. The molecule has 0 saturated heterocycles. The normalized spacial score (nSPS) is 10.6. The monoisotopic (exact) mass is 267 g/mol. The Morgan fingerprint density at radius 1 is 1.64 bits per heavy atom. The summed E-state index contributed by atoms with van der Waals surface area (Å²) in [6, 6.07) is 0.785. The van der Waals surface area contributed by atoms with Gasteiger partial charge in [0.2, 0.25) is 0 Å². The van der Waals surface area contributed by atoms with E-state index in [4.69, 9.17) is 5.73 Å². The molecule has 1 aromatic rings. The second kappa shape index (κ2) is 3.82. The number of pyridine rings is 1. The predicted molar refractivity (Wildman–Crippen MR) is 48.0 cm³/mol. The van der Waals surface area contributed by atoms with E-state index in [1.165, 1.54) is 0 Å². The molecule has 8 heteroatoms. The number of aromatic nitrogens is 1. The van der Waals surface area contributed by atoms with Crippen molar-refractivity contribution in [2.24, 2.45) is 0 Å². The third-order valence-electron chi connectivity index (χ3n) is 1.41. The molecule has 0 bridgehead atoms. The number of nitrogens with two attached hydrogens (primary N) is 1. The highest BCUT2D eigenvalue weighted by Gasteiger charge is 2.22. The summed E-state index contributed by atoms with van der Waals surface area (Å²) in [5.41, 5.74) is 3.77. The van der Waals surface area contributed by atoms with Crippen LogP contribution in [0.3, 0.4) is 0 Å². The average Bonchev–Trinajstić information content (AvgIpc) is 2.01. The molecule has 2 N–H and O–H groups in total. The Kier molecular flexibility index (Phi) is 2.94. The summed E-state index contributed by atoms with van der Waals surface area (Å²) in [5, 5.41) is 10.4. The number of nitrogens with zero attached hydrogens (tertiary/aromatic N) is 2. The van der Waals surface area contributed by atoms with Crippen molar-refractivity contribution in [3.63, 3.8) is 0 Å². The molecule has 0 amide bonds. The van der Waals surface area contributed by atoms with E-state index in [2.05, 4.69) is 20.9 Å². The van der Waals surface area contributed by atoms with Gasteiger partial charge in [0.15, 0.2) is 4.60 Å². The van der Waals surface area contributed by atoms with Gasteiger partial charge in [0.25, 0.3) is 6.43 Å². The Morgan fingerprint density at radius 3 is 2.57 bits per heavy atom. The van der Waals surface area contributed by atoms with Crippen molar-refractivity contribution in [3.8, 4) is 0 Å². The van der Waals surface area contributed by atoms with Gasteiger partial charge in [-0.15, -0.1) is 0 Å². The summed E-state index contributed by atoms with van der Waals surface area (Å²) in [6.07, 6.45) is -2.81. The summed E-state index contributed by atoms with van der Waals surface area (Å²) >= 11 is 2.70. The maximum atomic E-state index is 12.2. The van der Waals surface area contributed by atoms with Gasteiger partial charge < -0.3 is 5.73 Å². The Hall–Kier alpha value is -1.31. The highest BCUT2D eigenvalue weighted by atomic mass is 79.9. The molecule has 0 aromatic carbocycles. The van der Waals surface area contributed by atoms with E-state index < -0.39 is 22.7 Å². The number of hydrogen-bond donors (Lipinski definition) is 1. The lowest BCUT2D eigenvalue weighted by Crippen LogP contribution is -2.01. The van der Waals surface area contributed by atoms with Gasteiger partial charge in [0, 0.05) is 0 Å². The highest BCUT2D eigenvalue weighted by Crippen LogP contribution is 2.32. The number of nitro groups is 1. The van der Waals surface area contributed by atoms with Crippen molar-refractivity contribution < 1.29 is 13.7 Å². The molecular weight excluding hydrogens is 264 g/mol. The Morgan fingerprint density at radius 2 is 2.21 bits per heavy atom. The van der Waals surface area contributed by atoms with Crippen LogP contribution in [0, 0.1) is 10.1 Å². The summed E-state index contributed by atoms with van der Waals surface area (Å²) in [7, 11) is 0. The number of rotatable bonds is 2. The van der Waals surface area contributed by atoms with Crippen LogP contribution in [0.5, 0.6) is 0 Å². The van der Waals surface area contributed by atoms with Gasteiger partial charge in [-0.05, 0) is 22.0 Å². The number of alkyl halides is 2. The van der Waals surface area contributed by atoms with Crippen molar-refractivity contribution in [3.05, 3.63) is 26.5 Å². The molecule has 0 aliphatic heterocycles. The SMILES string of the molecule is Nc1cc(C(F)F)nc(Br)c1[N+](=O)[O-]. The van der Waals surface area contributed by atoms with Crippen LogP contribution in [-0.2, 0) is 0 Å². The van der Waals surface area contributed by atoms with Crippen molar-refractivity contribution in [2.75, 3.05) is 5.73 Å². The molecule has 1 aromatic heterocycles. The van der Waals surface area contributed by atoms with Gasteiger partial charge in [-0.2, -0.15) is 0 Å². The highest BCUT2D eigenvalue weighted by molar-refractivity contribution is 9.10. The first-order valence-corrected chi connectivity index (χ1v) is 4.11. The fourth-order valence-corrected chi connectivity index (χ4v) is 1.42. The molecule has 5 nitrogen and oxygen atoms in total. The number of hydrogen-bond acceptors (Lipinski definition) is 4.